The zero-order valence-corrected chi connectivity index (χ0v) is 20.8. The van der Waals surface area contributed by atoms with Crippen LogP contribution in [0.1, 0.15) is 41.8 Å². The number of hydrogen-bond acceptors (Lipinski definition) is 6. The molecular weight excluding hydrogens is 478 g/mol. The van der Waals surface area contributed by atoms with Gasteiger partial charge in [0.1, 0.15) is 5.56 Å². The highest BCUT2D eigenvalue weighted by atomic mass is 16.5. The fourth-order valence-corrected chi connectivity index (χ4v) is 5.02. The number of carbonyl (C=O) groups is 4. The number of nitrogens with zero attached hydrogens (tertiary/aromatic N) is 1. The van der Waals surface area contributed by atoms with Crippen LogP contribution in [0.3, 0.4) is 0 Å². The monoisotopic (exact) mass is 504 g/mol. The summed E-state index contributed by atoms with van der Waals surface area (Å²) in [6.45, 7) is 3.38. The van der Waals surface area contributed by atoms with Gasteiger partial charge >= 0.3 is 23.9 Å². The number of carboxylic acids is 2. The minimum Gasteiger partial charge on any atom is -0.481 e. The largest absolute Gasteiger partial charge is 0.481 e. The number of aromatic nitrogens is 1. The van der Waals surface area contributed by atoms with E-state index in [1.165, 1.54) is 25.0 Å². The van der Waals surface area contributed by atoms with E-state index in [0.717, 1.165) is 27.9 Å². The Bertz CT molecular complexity index is 1450. The molecule has 0 saturated carbocycles. The SMILES string of the molecule is COC(=O)C1=CC(CC(=O)O)C=C2C(/C=C3\C=C(C)c4c(C(=O)OC)c[n+](CC(=O)O)cc43)=CC(C)=C12. The number of pyridine rings is 1. The van der Waals surface area contributed by atoms with Gasteiger partial charge in [0.2, 0.25) is 6.54 Å². The number of carboxylic acid groups (broad SMARTS) is 2. The van der Waals surface area contributed by atoms with Crippen LogP contribution < -0.4 is 4.57 Å². The number of methoxy groups -OCH3 is 2. The molecule has 1 heterocycles. The van der Waals surface area contributed by atoms with E-state index >= 15 is 0 Å². The number of fused-ring (bicyclic) bond motifs is 2. The zero-order valence-electron chi connectivity index (χ0n) is 20.8. The third kappa shape index (κ3) is 4.80. The van der Waals surface area contributed by atoms with Gasteiger partial charge in [-0.05, 0) is 53.4 Å². The van der Waals surface area contributed by atoms with Crippen molar-refractivity contribution < 1.29 is 43.4 Å². The summed E-state index contributed by atoms with van der Waals surface area (Å²) in [6.07, 6.45) is 12.1. The summed E-state index contributed by atoms with van der Waals surface area (Å²) in [5, 5.41) is 18.7. The Labute approximate surface area is 213 Å². The Balaban J connectivity index is 1.83. The Hall–Kier alpha value is -4.53. The first-order valence-electron chi connectivity index (χ1n) is 11.5. The number of allylic oxidation sites excluding steroid dienone is 10. The molecule has 1 aromatic rings. The molecule has 1 atom stereocenters. The van der Waals surface area contributed by atoms with E-state index in [1.54, 1.807) is 12.3 Å². The summed E-state index contributed by atoms with van der Waals surface area (Å²) >= 11 is 0. The summed E-state index contributed by atoms with van der Waals surface area (Å²) in [6, 6.07) is 0. The van der Waals surface area contributed by atoms with Crippen molar-refractivity contribution in [3.8, 4) is 0 Å². The average molecular weight is 505 g/mol. The third-order valence-electron chi connectivity index (χ3n) is 6.43. The number of rotatable bonds is 7. The molecule has 0 bridgehead atoms. The molecule has 4 rings (SSSR count). The van der Waals surface area contributed by atoms with Gasteiger partial charge in [0.05, 0.1) is 31.8 Å². The molecule has 0 saturated heterocycles. The lowest BCUT2D eigenvalue weighted by molar-refractivity contribution is -0.686. The number of hydrogen-bond donors (Lipinski definition) is 2. The van der Waals surface area contributed by atoms with E-state index in [4.69, 9.17) is 9.47 Å². The van der Waals surface area contributed by atoms with Gasteiger partial charge in [-0.2, -0.15) is 4.57 Å². The highest BCUT2D eigenvalue weighted by molar-refractivity contribution is 6.04. The smallest absolute Gasteiger partial charge is 0.370 e. The van der Waals surface area contributed by atoms with Gasteiger partial charge < -0.3 is 19.7 Å². The molecule has 190 valence electrons. The fraction of sp³-hybridized carbons (Fsp3) is 0.250. The number of carbonyl (C=O) groups excluding carboxylic acids is 2. The van der Waals surface area contributed by atoms with Crippen molar-refractivity contribution in [2.45, 2.75) is 26.8 Å². The van der Waals surface area contributed by atoms with Gasteiger partial charge in [0, 0.05) is 11.5 Å². The van der Waals surface area contributed by atoms with Crippen LogP contribution in [-0.4, -0.2) is 48.3 Å². The average Bonchev–Trinajstić information content (AvgIpc) is 3.32. The Kier molecular flexibility index (Phi) is 6.80. The molecule has 3 aliphatic rings. The molecule has 2 N–H and O–H groups in total. The third-order valence-corrected chi connectivity index (χ3v) is 6.43. The second-order valence-electron chi connectivity index (χ2n) is 9.02. The van der Waals surface area contributed by atoms with Crippen LogP contribution in [0.15, 0.2) is 70.6 Å². The lowest BCUT2D eigenvalue weighted by atomic mass is 9.83. The summed E-state index contributed by atoms with van der Waals surface area (Å²) < 4.78 is 11.3. The van der Waals surface area contributed by atoms with E-state index in [9.17, 15) is 29.4 Å². The summed E-state index contributed by atoms with van der Waals surface area (Å²) in [5.41, 5.74) is 6.43. The van der Waals surface area contributed by atoms with Crippen molar-refractivity contribution >= 4 is 35.0 Å². The van der Waals surface area contributed by atoms with Crippen molar-refractivity contribution in [1.82, 2.24) is 0 Å². The molecule has 3 aliphatic carbocycles. The zero-order chi connectivity index (χ0) is 27.0. The predicted octanol–water partition coefficient (Wildman–Crippen LogP) is 3.03. The first kappa shape index (κ1) is 25.6. The van der Waals surface area contributed by atoms with Crippen molar-refractivity contribution in [3.63, 3.8) is 0 Å². The standard InChI is InChI=1S/C28H25NO8/c1-14-5-17(19-7-16(9-23(30)31)8-20(25(14)19)27(34)36-3)10-18-6-15(2)26-21(18)11-29(13-24(32)33)12-22(26)28(35)37-4/h5-8,10-12,16H,9,13H2,1-4H3,(H-,30,31,32,33)/p+1/b18-10+. The van der Waals surface area contributed by atoms with E-state index in [1.807, 2.05) is 38.2 Å². The van der Waals surface area contributed by atoms with E-state index < -0.39 is 29.8 Å². The van der Waals surface area contributed by atoms with Gasteiger partial charge in [0.15, 0.2) is 12.4 Å². The molecular formula is C28H26NO8+. The van der Waals surface area contributed by atoms with E-state index in [0.29, 0.717) is 22.3 Å². The topological polar surface area (TPSA) is 131 Å². The van der Waals surface area contributed by atoms with E-state index in [-0.39, 0.29) is 18.5 Å². The lowest BCUT2D eigenvalue weighted by Crippen LogP contribution is -2.39. The first-order chi connectivity index (χ1) is 17.5. The molecule has 1 aromatic heterocycles. The van der Waals surface area contributed by atoms with Gasteiger partial charge in [-0.1, -0.05) is 24.3 Å². The lowest BCUT2D eigenvalue weighted by Gasteiger charge is -2.21. The molecule has 0 spiro atoms. The van der Waals surface area contributed by atoms with E-state index in [2.05, 4.69) is 0 Å². The summed E-state index contributed by atoms with van der Waals surface area (Å²) in [4.78, 5) is 47.9. The van der Waals surface area contributed by atoms with Crippen molar-refractivity contribution in [2.75, 3.05) is 14.2 Å². The normalized spacial score (nSPS) is 18.9. The Morgan fingerprint density at radius 1 is 0.973 bits per heavy atom. The summed E-state index contributed by atoms with van der Waals surface area (Å²) in [5.74, 6) is -3.68. The molecule has 0 fully saturated rings. The maximum Gasteiger partial charge on any atom is 0.370 e. The van der Waals surface area contributed by atoms with Gasteiger partial charge in [-0.25, -0.2) is 14.4 Å². The van der Waals surface area contributed by atoms with Crippen LogP contribution in [0.4, 0.5) is 0 Å². The Morgan fingerprint density at radius 2 is 1.68 bits per heavy atom. The van der Waals surface area contributed by atoms with Crippen LogP contribution in [0.5, 0.6) is 0 Å². The minimum atomic E-state index is -1.06. The molecule has 0 radical (unpaired) electrons. The molecule has 37 heavy (non-hydrogen) atoms. The molecule has 9 nitrogen and oxygen atoms in total. The van der Waals surface area contributed by atoms with Gasteiger partial charge in [0.25, 0.3) is 0 Å². The summed E-state index contributed by atoms with van der Waals surface area (Å²) in [7, 11) is 2.55. The van der Waals surface area contributed by atoms with Crippen LogP contribution in [-0.2, 0) is 30.4 Å². The maximum atomic E-state index is 12.6. The highest BCUT2D eigenvalue weighted by Gasteiger charge is 2.33. The molecule has 1 unspecified atom stereocenters. The van der Waals surface area contributed by atoms with Crippen molar-refractivity contribution in [1.29, 1.82) is 0 Å². The molecule has 9 heteroatoms. The molecule has 0 amide bonds. The number of aliphatic carboxylic acids is 2. The van der Waals surface area contributed by atoms with Crippen LogP contribution in [0, 0.1) is 5.92 Å². The van der Waals surface area contributed by atoms with Gasteiger partial charge in [-0.15, -0.1) is 0 Å². The minimum absolute atomic E-state index is 0.181. The van der Waals surface area contributed by atoms with Crippen molar-refractivity contribution in [3.05, 3.63) is 87.3 Å². The second-order valence-corrected chi connectivity index (χ2v) is 9.02. The Morgan fingerprint density at radius 3 is 2.30 bits per heavy atom. The fourth-order valence-electron chi connectivity index (χ4n) is 5.02. The van der Waals surface area contributed by atoms with Crippen LogP contribution >= 0.6 is 0 Å². The first-order valence-corrected chi connectivity index (χ1v) is 11.5. The number of esters is 2. The van der Waals surface area contributed by atoms with Crippen molar-refractivity contribution in [2.24, 2.45) is 5.92 Å². The predicted molar refractivity (Wildman–Crippen MR) is 132 cm³/mol. The maximum absolute atomic E-state index is 12.6. The quantitative estimate of drug-likeness (QED) is 0.428. The highest BCUT2D eigenvalue weighted by Crippen LogP contribution is 2.44. The second kappa shape index (κ2) is 9.85. The molecule has 0 aliphatic heterocycles. The van der Waals surface area contributed by atoms with Crippen LogP contribution in [0.2, 0.25) is 0 Å². The number of ether oxygens (including phenoxy) is 2. The molecule has 0 aromatic carbocycles. The van der Waals surface area contributed by atoms with Gasteiger partial charge in [-0.3, -0.25) is 4.79 Å². The van der Waals surface area contributed by atoms with Crippen LogP contribution in [0.25, 0.3) is 11.1 Å².